The Hall–Kier alpha value is -2.10. The Morgan fingerprint density at radius 1 is 1.26 bits per heavy atom. The number of benzene rings is 1. The van der Waals surface area contributed by atoms with Crippen LogP contribution in [0.5, 0.6) is 0 Å². The Morgan fingerprint density at radius 3 is 2.63 bits per heavy atom. The number of hydrogen-bond acceptors (Lipinski definition) is 2. The number of carboxylic acids is 1. The second-order valence-electron chi connectivity index (χ2n) is 4.88. The van der Waals surface area contributed by atoms with Gasteiger partial charge in [-0.05, 0) is 44.4 Å². The standard InChI is InChI=1S/C15H18N2O2/c1-10-4-5-11(2)13(8-10)6-7-17-12(3)9-14(16-17)15(18)19/h4-5,8-9H,6-7H2,1-3H3,(H,18,19). The normalized spacial score (nSPS) is 10.7. The summed E-state index contributed by atoms with van der Waals surface area (Å²) in [6.07, 6.45) is 0.856. The molecule has 100 valence electrons. The minimum Gasteiger partial charge on any atom is -0.476 e. The molecule has 0 radical (unpaired) electrons. The Labute approximate surface area is 112 Å². The van der Waals surface area contributed by atoms with Gasteiger partial charge in [-0.25, -0.2) is 4.79 Å². The highest BCUT2D eigenvalue weighted by Gasteiger charge is 2.10. The summed E-state index contributed by atoms with van der Waals surface area (Å²) in [5.74, 6) is -0.978. The van der Waals surface area contributed by atoms with Gasteiger partial charge in [0.15, 0.2) is 5.69 Å². The third-order valence-corrected chi connectivity index (χ3v) is 3.30. The fraction of sp³-hybridized carbons (Fsp3) is 0.333. The van der Waals surface area contributed by atoms with Crippen molar-refractivity contribution in [1.29, 1.82) is 0 Å². The Kier molecular flexibility index (Phi) is 3.69. The number of nitrogens with zero attached hydrogens (tertiary/aromatic N) is 2. The highest BCUT2D eigenvalue weighted by Crippen LogP contribution is 2.13. The van der Waals surface area contributed by atoms with Crippen molar-refractivity contribution in [3.63, 3.8) is 0 Å². The van der Waals surface area contributed by atoms with Gasteiger partial charge in [-0.15, -0.1) is 0 Å². The summed E-state index contributed by atoms with van der Waals surface area (Å²) in [6, 6.07) is 7.99. The second-order valence-corrected chi connectivity index (χ2v) is 4.88. The van der Waals surface area contributed by atoms with Crippen LogP contribution in [0, 0.1) is 20.8 Å². The molecule has 2 aromatic rings. The lowest BCUT2D eigenvalue weighted by Crippen LogP contribution is -2.07. The van der Waals surface area contributed by atoms with E-state index in [1.807, 2.05) is 6.92 Å². The molecule has 19 heavy (non-hydrogen) atoms. The fourth-order valence-electron chi connectivity index (χ4n) is 2.14. The van der Waals surface area contributed by atoms with Crippen molar-refractivity contribution in [2.45, 2.75) is 33.7 Å². The maximum Gasteiger partial charge on any atom is 0.356 e. The summed E-state index contributed by atoms with van der Waals surface area (Å²) in [5, 5.41) is 13.0. The van der Waals surface area contributed by atoms with Crippen LogP contribution >= 0.6 is 0 Å². The van der Waals surface area contributed by atoms with Crippen LogP contribution in [0.3, 0.4) is 0 Å². The highest BCUT2D eigenvalue weighted by molar-refractivity contribution is 5.85. The third-order valence-electron chi connectivity index (χ3n) is 3.30. The molecule has 1 N–H and O–H groups in total. The number of carbonyl (C=O) groups is 1. The fourth-order valence-corrected chi connectivity index (χ4v) is 2.14. The molecule has 0 aliphatic heterocycles. The van der Waals surface area contributed by atoms with E-state index in [4.69, 9.17) is 5.11 Å². The first-order valence-corrected chi connectivity index (χ1v) is 6.31. The van der Waals surface area contributed by atoms with Crippen molar-refractivity contribution in [2.75, 3.05) is 0 Å². The van der Waals surface area contributed by atoms with Crippen LogP contribution in [0.4, 0.5) is 0 Å². The van der Waals surface area contributed by atoms with Gasteiger partial charge in [0.1, 0.15) is 0 Å². The smallest absolute Gasteiger partial charge is 0.356 e. The summed E-state index contributed by atoms with van der Waals surface area (Å²) in [7, 11) is 0. The number of hydrogen-bond donors (Lipinski definition) is 1. The quantitative estimate of drug-likeness (QED) is 0.917. The van der Waals surface area contributed by atoms with Crippen molar-refractivity contribution >= 4 is 5.97 Å². The van der Waals surface area contributed by atoms with E-state index in [1.165, 1.54) is 16.7 Å². The lowest BCUT2D eigenvalue weighted by atomic mass is 10.0. The maximum absolute atomic E-state index is 10.9. The molecule has 0 amide bonds. The zero-order valence-electron chi connectivity index (χ0n) is 11.5. The second kappa shape index (κ2) is 5.26. The topological polar surface area (TPSA) is 55.1 Å². The molecule has 0 unspecified atom stereocenters. The van der Waals surface area contributed by atoms with Crippen LogP contribution in [0.2, 0.25) is 0 Å². The number of carboxylic acid groups (broad SMARTS) is 1. The molecule has 0 saturated heterocycles. The van der Waals surface area contributed by atoms with Crippen LogP contribution < -0.4 is 0 Å². The highest BCUT2D eigenvalue weighted by atomic mass is 16.4. The lowest BCUT2D eigenvalue weighted by Gasteiger charge is -2.08. The number of aromatic carboxylic acids is 1. The van der Waals surface area contributed by atoms with Crippen molar-refractivity contribution in [3.05, 3.63) is 52.3 Å². The molecule has 0 fully saturated rings. The van der Waals surface area contributed by atoms with E-state index in [1.54, 1.807) is 10.7 Å². The third kappa shape index (κ3) is 3.02. The van der Waals surface area contributed by atoms with Gasteiger partial charge in [-0.3, -0.25) is 4.68 Å². The van der Waals surface area contributed by atoms with Gasteiger partial charge in [0, 0.05) is 12.2 Å². The largest absolute Gasteiger partial charge is 0.476 e. The minimum atomic E-state index is -0.978. The first-order chi connectivity index (χ1) is 8.97. The van der Waals surface area contributed by atoms with Crippen LogP contribution in [0.25, 0.3) is 0 Å². The van der Waals surface area contributed by atoms with Gasteiger partial charge in [0.2, 0.25) is 0 Å². The predicted molar refractivity (Wildman–Crippen MR) is 73.5 cm³/mol. The monoisotopic (exact) mass is 258 g/mol. The molecule has 2 rings (SSSR count). The van der Waals surface area contributed by atoms with E-state index in [9.17, 15) is 4.79 Å². The number of aromatic nitrogens is 2. The maximum atomic E-state index is 10.9. The SMILES string of the molecule is Cc1ccc(C)c(CCn2nc(C(=O)O)cc2C)c1. The van der Waals surface area contributed by atoms with E-state index < -0.39 is 5.97 Å². The Morgan fingerprint density at radius 2 is 2.00 bits per heavy atom. The van der Waals surface area contributed by atoms with Gasteiger partial charge < -0.3 is 5.11 Å². The number of rotatable bonds is 4. The van der Waals surface area contributed by atoms with E-state index >= 15 is 0 Å². The zero-order valence-corrected chi connectivity index (χ0v) is 11.5. The van der Waals surface area contributed by atoms with E-state index in [-0.39, 0.29) is 5.69 Å². The molecule has 1 heterocycles. The molecule has 0 spiro atoms. The summed E-state index contributed by atoms with van der Waals surface area (Å²) in [4.78, 5) is 10.9. The van der Waals surface area contributed by atoms with Crippen molar-refractivity contribution < 1.29 is 9.90 Å². The molecule has 0 atom stereocenters. The summed E-state index contributed by atoms with van der Waals surface area (Å²) in [5.41, 5.74) is 4.77. The van der Waals surface area contributed by atoms with Gasteiger partial charge in [-0.2, -0.15) is 5.10 Å². The van der Waals surface area contributed by atoms with Crippen LogP contribution in [-0.4, -0.2) is 20.9 Å². The van der Waals surface area contributed by atoms with E-state index in [2.05, 4.69) is 37.1 Å². The molecule has 0 aliphatic rings. The average molecular weight is 258 g/mol. The predicted octanol–water partition coefficient (Wildman–Crippen LogP) is 2.75. The lowest BCUT2D eigenvalue weighted by molar-refractivity contribution is 0.0689. The van der Waals surface area contributed by atoms with Crippen molar-refractivity contribution in [2.24, 2.45) is 0 Å². The van der Waals surface area contributed by atoms with Crippen LogP contribution in [0.1, 0.15) is 32.9 Å². The molecule has 1 aromatic carbocycles. The van der Waals surface area contributed by atoms with Crippen molar-refractivity contribution in [1.82, 2.24) is 9.78 Å². The van der Waals surface area contributed by atoms with Gasteiger partial charge in [0.25, 0.3) is 0 Å². The van der Waals surface area contributed by atoms with E-state index in [0.29, 0.717) is 6.54 Å². The minimum absolute atomic E-state index is 0.110. The molecule has 0 aliphatic carbocycles. The zero-order chi connectivity index (χ0) is 14.0. The molecule has 4 nitrogen and oxygen atoms in total. The Balaban J connectivity index is 2.14. The molecule has 0 saturated carbocycles. The van der Waals surface area contributed by atoms with Gasteiger partial charge in [0.05, 0.1) is 0 Å². The summed E-state index contributed by atoms with van der Waals surface area (Å²) < 4.78 is 1.76. The first kappa shape index (κ1) is 13.3. The van der Waals surface area contributed by atoms with Gasteiger partial charge in [-0.1, -0.05) is 23.8 Å². The first-order valence-electron chi connectivity index (χ1n) is 6.31. The molecular formula is C15H18N2O2. The average Bonchev–Trinajstić information content (AvgIpc) is 2.72. The van der Waals surface area contributed by atoms with Crippen LogP contribution in [0.15, 0.2) is 24.3 Å². The molecule has 0 bridgehead atoms. The summed E-state index contributed by atoms with van der Waals surface area (Å²) in [6.45, 7) is 6.74. The molecular weight excluding hydrogens is 240 g/mol. The van der Waals surface area contributed by atoms with E-state index in [0.717, 1.165) is 12.1 Å². The van der Waals surface area contributed by atoms with Crippen molar-refractivity contribution in [3.8, 4) is 0 Å². The Bertz CT molecular complexity index is 615. The van der Waals surface area contributed by atoms with Crippen LogP contribution in [-0.2, 0) is 13.0 Å². The number of aryl methyl sites for hydroxylation is 5. The van der Waals surface area contributed by atoms with Gasteiger partial charge >= 0.3 is 5.97 Å². The molecule has 1 aromatic heterocycles. The summed E-state index contributed by atoms with van der Waals surface area (Å²) >= 11 is 0. The molecule has 4 heteroatoms.